The smallest absolute Gasteiger partial charge is 0.276 e. The van der Waals surface area contributed by atoms with E-state index in [1.807, 2.05) is 25.5 Å². The molecular formula is C13H24ClN5O. The zero-order chi connectivity index (χ0) is 13.8. The zero-order valence-electron chi connectivity index (χ0n) is 12.4. The minimum Gasteiger partial charge on any atom is -0.335 e. The van der Waals surface area contributed by atoms with Gasteiger partial charge in [0.1, 0.15) is 0 Å². The molecule has 6 nitrogen and oxygen atoms in total. The van der Waals surface area contributed by atoms with Crippen molar-refractivity contribution in [3.63, 3.8) is 0 Å². The van der Waals surface area contributed by atoms with Crippen LogP contribution in [0.5, 0.6) is 0 Å². The molecule has 0 aliphatic carbocycles. The molecule has 2 rings (SSSR count). The van der Waals surface area contributed by atoms with Gasteiger partial charge in [0.2, 0.25) is 0 Å². The van der Waals surface area contributed by atoms with Crippen LogP contribution in [0.25, 0.3) is 0 Å². The van der Waals surface area contributed by atoms with Crippen LogP contribution >= 0.6 is 12.4 Å². The van der Waals surface area contributed by atoms with Crippen LogP contribution in [0.1, 0.15) is 50.1 Å². The van der Waals surface area contributed by atoms with Crippen LogP contribution in [0.3, 0.4) is 0 Å². The van der Waals surface area contributed by atoms with Crippen molar-refractivity contribution < 1.29 is 4.79 Å². The van der Waals surface area contributed by atoms with E-state index >= 15 is 0 Å². The molecular weight excluding hydrogens is 278 g/mol. The van der Waals surface area contributed by atoms with Crippen LogP contribution in [0, 0.1) is 0 Å². The maximum Gasteiger partial charge on any atom is 0.276 e. The number of carbonyl (C=O) groups excluding carboxylic acids is 1. The molecule has 2 heterocycles. The summed E-state index contributed by atoms with van der Waals surface area (Å²) >= 11 is 0. The topological polar surface area (TPSA) is 63.1 Å². The van der Waals surface area contributed by atoms with Gasteiger partial charge in [-0.2, -0.15) is 0 Å². The quantitative estimate of drug-likeness (QED) is 0.915. The highest BCUT2D eigenvalue weighted by atomic mass is 35.5. The highest BCUT2D eigenvalue weighted by Crippen LogP contribution is 2.17. The van der Waals surface area contributed by atoms with E-state index in [0.29, 0.717) is 18.3 Å². The number of hydrogen-bond donors (Lipinski definition) is 1. The second-order valence-electron chi connectivity index (χ2n) is 5.25. The van der Waals surface area contributed by atoms with Crippen molar-refractivity contribution in [1.29, 1.82) is 0 Å². The molecule has 0 aromatic carbocycles. The van der Waals surface area contributed by atoms with E-state index in [2.05, 4.69) is 15.6 Å². The van der Waals surface area contributed by atoms with Gasteiger partial charge in [0.05, 0.1) is 12.2 Å². The standard InChI is InChI=1S/C13H23N5O.ClH/c1-4-17(10(2)3)13(19)12-9-18(16-15-12)11-5-7-14-8-6-11;/h9-11,14H,4-8H2,1-3H3;1H. The van der Waals surface area contributed by atoms with Crippen molar-refractivity contribution >= 4 is 18.3 Å². The van der Waals surface area contributed by atoms with Crippen LogP contribution in [0.15, 0.2) is 6.20 Å². The molecule has 1 N–H and O–H groups in total. The summed E-state index contributed by atoms with van der Waals surface area (Å²) in [7, 11) is 0. The number of nitrogens with zero attached hydrogens (tertiary/aromatic N) is 4. The van der Waals surface area contributed by atoms with Gasteiger partial charge in [0.25, 0.3) is 5.91 Å². The van der Waals surface area contributed by atoms with Crippen LogP contribution < -0.4 is 5.32 Å². The molecule has 114 valence electrons. The third-order valence-corrected chi connectivity index (χ3v) is 3.64. The second-order valence-corrected chi connectivity index (χ2v) is 5.25. The van der Waals surface area contributed by atoms with E-state index in [-0.39, 0.29) is 24.4 Å². The molecule has 0 radical (unpaired) electrons. The molecule has 0 spiro atoms. The first-order valence-electron chi connectivity index (χ1n) is 7.07. The number of aromatic nitrogens is 3. The summed E-state index contributed by atoms with van der Waals surface area (Å²) in [5.74, 6) is -0.0299. The van der Waals surface area contributed by atoms with Gasteiger partial charge in [-0.05, 0) is 46.7 Å². The van der Waals surface area contributed by atoms with E-state index in [9.17, 15) is 4.79 Å². The van der Waals surface area contributed by atoms with Gasteiger partial charge >= 0.3 is 0 Å². The Morgan fingerprint density at radius 2 is 2.15 bits per heavy atom. The van der Waals surface area contributed by atoms with Crippen molar-refractivity contribution in [3.05, 3.63) is 11.9 Å². The minimum atomic E-state index is -0.0299. The number of rotatable bonds is 4. The molecule has 20 heavy (non-hydrogen) atoms. The van der Waals surface area contributed by atoms with Crippen molar-refractivity contribution in [2.45, 2.75) is 45.7 Å². The fraction of sp³-hybridized carbons (Fsp3) is 0.769. The molecule has 0 atom stereocenters. The lowest BCUT2D eigenvalue weighted by Gasteiger charge is -2.24. The van der Waals surface area contributed by atoms with Gasteiger partial charge in [0, 0.05) is 12.6 Å². The SMILES string of the molecule is CCN(C(=O)c1cn(C2CCNCC2)nn1)C(C)C.Cl. The normalized spacial score (nSPS) is 16.0. The monoisotopic (exact) mass is 301 g/mol. The van der Waals surface area contributed by atoms with E-state index in [1.54, 1.807) is 11.1 Å². The lowest BCUT2D eigenvalue weighted by atomic mass is 10.1. The molecule has 1 aliphatic heterocycles. The van der Waals surface area contributed by atoms with Gasteiger partial charge in [-0.1, -0.05) is 5.21 Å². The summed E-state index contributed by atoms with van der Waals surface area (Å²) in [6.07, 6.45) is 3.88. The molecule has 1 aromatic heterocycles. The number of nitrogens with one attached hydrogen (secondary N) is 1. The van der Waals surface area contributed by atoms with Crippen molar-refractivity contribution in [2.24, 2.45) is 0 Å². The molecule has 1 aromatic rings. The van der Waals surface area contributed by atoms with Crippen LogP contribution in [-0.4, -0.2) is 51.5 Å². The Hall–Kier alpha value is -1.14. The molecule has 1 fully saturated rings. The summed E-state index contributed by atoms with van der Waals surface area (Å²) in [4.78, 5) is 14.1. The third-order valence-electron chi connectivity index (χ3n) is 3.64. The van der Waals surface area contributed by atoms with Crippen molar-refractivity contribution in [1.82, 2.24) is 25.2 Å². The maximum atomic E-state index is 12.3. The molecule has 0 saturated carbocycles. The van der Waals surface area contributed by atoms with Crippen LogP contribution in [0.2, 0.25) is 0 Å². The Morgan fingerprint density at radius 1 is 1.50 bits per heavy atom. The molecule has 0 bridgehead atoms. The first kappa shape index (κ1) is 16.9. The van der Waals surface area contributed by atoms with E-state index in [0.717, 1.165) is 25.9 Å². The second kappa shape index (κ2) is 7.59. The largest absolute Gasteiger partial charge is 0.335 e. The average Bonchev–Trinajstić information content (AvgIpc) is 2.89. The predicted molar refractivity (Wildman–Crippen MR) is 80.3 cm³/mol. The number of hydrogen-bond acceptors (Lipinski definition) is 4. The summed E-state index contributed by atoms with van der Waals surface area (Å²) in [5, 5.41) is 11.5. The van der Waals surface area contributed by atoms with Crippen molar-refractivity contribution in [2.75, 3.05) is 19.6 Å². The maximum absolute atomic E-state index is 12.3. The van der Waals surface area contributed by atoms with E-state index < -0.39 is 0 Å². The Labute approximate surface area is 126 Å². The summed E-state index contributed by atoms with van der Waals surface area (Å²) < 4.78 is 1.85. The molecule has 1 amide bonds. The summed E-state index contributed by atoms with van der Waals surface area (Å²) in [6.45, 7) is 8.70. The van der Waals surface area contributed by atoms with E-state index in [4.69, 9.17) is 0 Å². The zero-order valence-corrected chi connectivity index (χ0v) is 13.2. The summed E-state index contributed by atoms with van der Waals surface area (Å²) in [6, 6.07) is 0.547. The highest BCUT2D eigenvalue weighted by Gasteiger charge is 2.22. The predicted octanol–water partition coefficient (Wildman–Crippen LogP) is 1.49. The summed E-state index contributed by atoms with van der Waals surface area (Å²) in [5.41, 5.74) is 0.453. The number of piperidine rings is 1. The molecule has 7 heteroatoms. The first-order valence-corrected chi connectivity index (χ1v) is 7.07. The Bertz CT molecular complexity index is 428. The Kier molecular flexibility index (Phi) is 6.42. The molecule has 0 unspecified atom stereocenters. The van der Waals surface area contributed by atoms with Gasteiger partial charge in [-0.3, -0.25) is 4.79 Å². The Balaban J connectivity index is 0.00000200. The van der Waals surface area contributed by atoms with Gasteiger partial charge < -0.3 is 10.2 Å². The lowest BCUT2D eigenvalue weighted by molar-refractivity contribution is 0.0710. The Morgan fingerprint density at radius 3 is 2.70 bits per heavy atom. The molecule has 1 saturated heterocycles. The third kappa shape index (κ3) is 3.70. The van der Waals surface area contributed by atoms with Crippen LogP contribution in [-0.2, 0) is 0 Å². The highest BCUT2D eigenvalue weighted by molar-refractivity contribution is 5.92. The van der Waals surface area contributed by atoms with Gasteiger partial charge in [-0.15, -0.1) is 17.5 Å². The van der Waals surface area contributed by atoms with Crippen molar-refractivity contribution in [3.8, 4) is 0 Å². The van der Waals surface area contributed by atoms with E-state index in [1.165, 1.54) is 0 Å². The lowest BCUT2D eigenvalue weighted by Crippen LogP contribution is -2.36. The minimum absolute atomic E-state index is 0. The number of halogens is 1. The number of carbonyl (C=O) groups is 1. The van der Waals surface area contributed by atoms with Gasteiger partial charge in [-0.25, -0.2) is 4.68 Å². The fourth-order valence-corrected chi connectivity index (χ4v) is 2.51. The molecule has 1 aliphatic rings. The first-order chi connectivity index (χ1) is 9.13. The number of amides is 1. The average molecular weight is 302 g/mol. The fourth-order valence-electron chi connectivity index (χ4n) is 2.51. The van der Waals surface area contributed by atoms with Gasteiger partial charge in [0.15, 0.2) is 5.69 Å². The van der Waals surface area contributed by atoms with Crippen LogP contribution in [0.4, 0.5) is 0 Å².